The molecule has 0 saturated heterocycles. The predicted octanol–water partition coefficient (Wildman–Crippen LogP) is 5.65. The Kier molecular flexibility index (Phi) is 6.05. The van der Waals surface area contributed by atoms with Crippen LogP contribution in [0.1, 0.15) is 32.1 Å². The van der Waals surface area contributed by atoms with Crippen LogP contribution in [0, 0.1) is 13.8 Å². The third kappa shape index (κ3) is 4.55. The molecule has 160 valence electrons. The zero-order chi connectivity index (χ0) is 22.7. The topological polar surface area (TPSA) is 76.0 Å². The van der Waals surface area contributed by atoms with Gasteiger partial charge in [0.2, 0.25) is 0 Å². The lowest BCUT2D eigenvalue weighted by molar-refractivity contribution is 0.102. The van der Waals surface area contributed by atoms with Crippen molar-refractivity contribution in [1.82, 2.24) is 9.78 Å². The molecule has 3 aromatic carbocycles. The van der Waals surface area contributed by atoms with E-state index in [2.05, 4.69) is 15.7 Å². The van der Waals surface area contributed by atoms with Gasteiger partial charge >= 0.3 is 0 Å². The molecule has 6 nitrogen and oxygen atoms in total. The number of halogens is 1. The summed E-state index contributed by atoms with van der Waals surface area (Å²) in [5, 5.41) is 10.8. The minimum absolute atomic E-state index is 0.253. The number of para-hydroxylation sites is 1. The van der Waals surface area contributed by atoms with Crippen LogP contribution in [0.25, 0.3) is 5.69 Å². The summed E-state index contributed by atoms with van der Waals surface area (Å²) in [4.78, 5) is 25.2. The Hall–Kier alpha value is -3.90. The lowest BCUT2D eigenvalue weighted by Gasteiger charge is -2.09. The Labute approximate surface area is 190 Å². The number of aromatic nitrogens is 2. The maximum Gasteiger partial charge on any atom is 0.255 e. The molecule has 0 radical (unpaired) electrons. The highest BCUT2D eigenvalue weighted by Crippen LogP contribution is 2.24. The predicted molar refractivity (Wildman–Crippen MR) is 127 cm³/mol. The standard InChI is InChI=1S/C25H21ClN4O2/c1-16-23(17(2)30(29-16)22-9-4-3-5-10-22)28-24(31)18-11-13-21(14-12-18)27-25(32)19-7-6-8-20(26)15-19/h3-15H,1-2H3,(H,27,32)(H,28,31). The highest BCUT2D eigenvalue weighted by atomic mass is 35.5. The normalized spacial score (nSPS) is 10.6. The Morgan fingerprint density at radius 1 is 0.812 bits per heavy atom. The molecule has 0 atom stereocenters. The first-order chi connectivity index (χ1) is 15.4. The van der Waals surface area contributed by atoms with E-state index in [1.54, 1.807) is 53.2 Å². The van der Waals surface area contributed by atoms with Crippen LogP contribution in [-0.4, -0.2) is 21.6 Å². The Morgan fingerprint density at radius 3 is 2.19 bits per heavy atom. The smallest absolute Gasteiger partial charge is 0.255 e. The minimum atomic E-state index is -0.274. The van der Waals surface area contributed by atoms with E-state index < -0.39 is 0 Å². The van der Waals surface area contributed by atoms with Crippen LogP contribution in [0.3, 0.4) is 0 Å². The monoisotopic (exact) mass is 444 g/mol. The highest BCUT2D eigenvalue weighted by Gasteiger charge is 2.16. The SMILES string of the molecule is Cc1nn(-c2ccccc2)c(C)c1NC(=O)c1ccc(NC(=O)c2cccc(Cl)c2)cc1. The van der Waals surface area contributed by atoms with Gasteiger partial charge in [0.15, 0.2) is 0 Å². The van der Waals surface area contributed by atoms with Gasteiger partial charge in [-0.1, -0.05) is 35.9 Å². The third-order valence-corrected chi connectivity index (χ3v) is 5.26. The van der Waals surface area contributed by atoms with Gasteiger partial charge in [-0.3, -0.25) is 9.59 Å². The molecule has 1 heterocycles. The molecule has 0 bridgehead atoms. The number of nitrogens with zero attached hydrogens (tertiary/aromatic N) is 2. The van der Waals surface area contributed by atoms with Crippen LogP contribution in [0.4, 0.5) is 11.4 Å². The van der Waals surface area contributed by atoms with E-state index in [0.29, 0.717) is 27.5 Å². The average Bonchev–Trinajstić information content (AvgIpc) is 3.08. The molecule has 4 aromatic rings. The fraction of sp³-hybridized carbons (Fsp3) is 0.0800. The van der Waals surface area contributed by atoms with Gasteiger partial charge in [0.05, 0.1) is 22.8 Å². The first-order valence-corrected chi connectivity index (χ1v) is 10.4. The van der Waals surface area contributed by atoms with E-state index in [1.165, 1.54) is 0 Å². The van der Waals surface area contributed by atoms with Crippen molar-refractivity contribution in [3.8, 4) is 5.69 Å². The second kappa shape index (κ2) is 9.08. The molecule has 0 spiro atoms. The summed E-state index contributed by atoms with van der Waals surface area (Å²) < 4.78 is 1.80. The Bertz CT molecular complexity index is 1280. The van der Waals surface area contributed by atoms with Crippen LogP contribution in [0.15, 0.2) is 78.9 Å². The molecule has 2 N–H and O–H groups in total. The molecule has 0 unspecified atom stereocenters. The van der Waals surface area contributed by atoms with E-state index in [1.807, 2.05) is 44.2 Å². The van der Waals surface area contributed by atoms with Crippen LogP contribution < -0.4 is 10.6 Å². The third-order valence-electron chi connectivity index (χ3n) is 5.02. The molecule has 0 saturated carbocycles. The number of benzene rings is 3. The molecule has 0 aliphatic rings. The van der Waals surface area contributed by atoms with Crippen LogP contribution in [-0.2, 0) is 0 Å². The summed E-state index contributed by atoms with van der Waals surface area (Å²) in [5.74, 6) is -0.527. The molecule has 0 aliphatic carbocycles. The molecule has 32 heavy (non-hydrogen) atoms. The van der Waals surface area contributed by atoms with Gasteiger partial charge in [0.1, 0.15) is 0 Å². The van der Waals surface area contributed by atoms with E-state index in [4.69, 9.17) is 11.6 Å². The van der Waals surface area contributed by atoms with Crippen molar-refractivity contribution in [3.05, 3.63) is 106 Å². The van der Waals surface area contributed by atoms with Gasteiger partial charge in [-0.05, 0) is 68.4 Å². The second-order valence-corrected chi connectivity index (χ2v) is 7.73. The fourth-order valence-corrected chi connectivity index (χ4v) is 3.56. The quantitative estimate of drug-likeness (QED) is 0.417. The number of hydrogen-bond donors (Lipinski definition) is 2. The van der Waals surface area contributed by atoms with Crippen molar-refractivity contribution in [3.63, 3.8) is 0 Å². The van der Waals surface area contributed by atoms with Gasteiger partial charge in [0, 0.05) is 21.8 Å². The van der Waals surface area contributed by atoms with Crippen molar-refractivity contribution < 1.29 is 9.59 Å². The number of carbonyl (C=O) groups excluding carboxylic acids is 2. The van der Waals surface area contributed by atoms with Crippen molar-refractivity contribution in [2.45, 2.75) is 13.8 Å². The van der Waals surface area contributed by atoms with Crippen LogP contribution in [0.2, 0.25) is 5.02 Å². The zero-order valence-electron chi connectivity index (χ0n) is 17.6. The van der Waals surface area contributed by atoms with Gasteiger partial charge in [-0.25, -0.2) is 4.68 Å². The van der Waals surface area contributed by atoms with Crippen molar-refractivity contribution in [2.75, 3.05) is 10.6 Å². The molecule has 4 rings (SSSR count). The first kappa shape index (κ1) is 21.3. The average molecular weight is 445 g/mol. The molecular weight excluding hydrogens is 424 g/mol. The fourth-order valence-electron chi connectivity index (χ4n) is 3.37. The summed E-state index contributed by atoms with van der Waals surface area (Å²) in [6.45, 7) is 3.77. The lowest BCUT2D eigenvalue weighted by atomic mass is 10.1. The van der Waals surface area contributed by atoms with Gasteiger partial charge in [-0.15, -0.1) is 0 Å². The molecule has 1 aromatic heterocycles. The Morgan fingerprint density at radius 2 is 1.50 bits per heavy atom. The maximum atomic E-state index is 12.8. The van der Waals surface area contributed by atoms with Gasteiger partial charge < -0.3 is 10.6 Å². The number of rotatable bonds is 5. The van der Waals surface area contributed by atoms with Crippen LogP contribution in [0.5, 0.6) is 0 Å². The van der Waals surface area contributed by atoms with Gasteiger partial charge in [-0.2, -0.15) is 5.10 Å². The zero-order valence-corrected chi connectivity index (χ0v) is 18.4. The summed E-state index contributed by atoms with van der Waals surface area (Å²) in [6, 6.07) is 23.1. The van der Waals surface area contributed by atoms with E-state index in [0.717, 1.165) is 17.1 Å². The molecule has 7 heteroatoms. The minimum Gasteiger partial charge on any atom is -0.322 e. The summed E-state index contributed by atoms with van der Waals surface area (Å²) in [6.07, 6.45) is 0. The molecule has 0 aliphatic heterocycles. The lowest BCUT2D eigenvalue weighted by Crippen LogP contribution is -2.14. The highest BCUT2D eigenvalue weighted by molar-refractivity contribution is 6.31. The van der Waals surface area contributed by atoms with Crippen molar-refractivity contribution >= 4 is 34.8 Å². The maximum absolute atomic E-state index is 12.8. The summed E-state index contributed by atoms with van der Waals surface area (Å²) in [7, 11) is 0. The van der Waals surface area contributed by atoms with E-state index in [9.17, 15) is 9.59 Å². The van der Waals surface area contributed by atoms with Crippen LogP contribution >= 0.6 is 11.6 Å². The van der Waals surface area contributed by atoms with Crippen molar-refractivity contribution in [1.29, 1.82) is 0 Å². The number of nitrogens with one attached hydrogen (secondary N) is 2. The van der Waals surface area contributed by atoms with E-state index in [-0.39, 0.29) is 11.8 Å². The first-order valence-electron chi connectivity index (χ1n) is 10.0. The number of hydrogen-bond acceptors (Lipinski definition) is 3. The van der Waals surface area contributed by atoms with E-state index >= 15 is 0 Å². The van der Waals surface area contributed by atoms with Gasteiger partial charge in [0.25, 0.3) is 11.8 Å². The number of aryl methyl sites for hydroxylation is 1. The molecule has 2 amide bonds. The summed E-state index contributed by atoms with van der Waals surface area (Å²) in [5.41, 5.74) is 4.68. The number of carbonyl (C=O) groups is 2. The number of amides is 2. The second-order valence-electron chi connectivity index (χ2n) is 7.29. The largest absolute Gasteiger partial charge is 0.322 e. The number of anilines is 2. The Balaban J connectivity index is 1.47. The van der Waals surface area contributed by atoms with Crippen molar-refractivity contribution in [2.24, 2.45) is 0 Å². The molecule has 0 fully saturated rings. The molecular formula is C25H21ClN4O2. The summed E-state index contributed by atoms with van der Waals surface area (Å²) >= 11 is 5.94.